The number of rotatable bonds is 9. The van der Waals surface area contributed by atoms with Gasteiger partial charge in [-0.15, -0.1) is 10.2 Å². The Morgan fingerprint density at radius 1 is 1.22 bits per heavy atom. The van der Waals surface area contributed by atoms with Crippen LogP contribution in [0.2, 0.25) is 0 Å². The van der Waals surface area contributed by atoms with Gasteiger partial charge in [-0.2, -0.15) is 0 Å². The van der Waals surface area contributed by atoms with E-state index in [1.54, 1.807) is 0 Å². The van der Waals surface area contributed by atoms with Crippen molar-refractivity contribution in [3.05, 3.63) is 35.9 Å². The van der Waals surface area contributed by atoms with Crippen LogP contribution >= 0.6 is 23.1 Å². The summed E-state index contributed by atoms with van der Waals surface area (Å²) in [5.41, 5.74) is 1.24. The van der Waals surface area contributed by atoms with Gasteiger partial charge in [0.05, 0.1) is 11.8 Å². The van der Waals surface area contributed by atoms with E-state index in [0.29, 0.717) is 11.7 Å². The van der Waals surface area contributed by atoms with Crippen LogP contribution < -0.4 is 10.6 Å². The van der Waals surface area contributed by atoms with Crippen molar-refractivity contribution in [2.24, 2.45) is 5.92 Å². The molecular formula is C20H28N4OS2. The second-order valence-electron chi connectivity index (χ2n) is 6.99. The van der Waals surface area contributed by atoms with Crippen molar-refractivity contribution in [3.63, 3.8) is 0 Å². The summed E-state index contributed by atoms with van der Waals surface area (Å²) in [5.74, 6) is 1.15. The summed E-state index contributed by atoms with van der Waals surface area (Å²) < 4.78 is 0.827. The molecule has 1 amide bonds. The standard InChI is InChI=1S/C20H28N4OS2/c1-2-17(16-11-7-4-8-12-16)22-19-23-24-20(27-19)26-14-18(25)21-13-15-9-5-3-6-10-15/h4,7-8,11-12,15,17H,2-3,5-6,9-10,13-14H2,1H3,(H,21,25)(H,22,23)/t17-/m1/s1. The van der Waals surface area contributed by atoms with Crippen LogP contribution in [-0.2, 0) is 4.79 Å². The molecular weight excluding hydrogens is 376 g/mol. The fourth-order valence-corrected chi connectivity index (χ4v) is 5.04. The smallest absolute Gasteiger partial charge is 0.230 e. The van der Waals surface area contributed by atoms with Gasteiger partial charge in [0, 0.05) is 6.54 Å². The fraction of sp³-hybridized carbons (Fsp3) is 0.550. The van der Waals surface area contributed by atoms with Crippen LogP contribution in [0.5, 0.6) is 0 Å². The maximum Gasteiger partial charge on any atom is 0.230 e. The van der Waals surface area contributed by atoms with Crippen LogP contribution in [0.3, 0.4) is 0 Å². The molecule has 1 aromatic heterocycles. The van der Waals surface area contributed by atoms with E-state index in [-0.39, 0.29) is 11.9 Å². The molecule has 1 aliphatic rings. The van der Waals surface area contributed by atoms with Gasteiger partial charge in [-0.1, -0.05) is 79.6 Å². The molecule has 0 bridgehead atoms. The van der Waals surface area contributed by atoms with Crippen molar-refractivity contribution in [2.75, 3.05) is 17.6 Å². The van der Waals surface area contributed by atoms with Gasteiger partial charge in [-0.25, -0.2) is 0 Å². The molecule has 2 aromatic rings. The van der Waals surface area contributed by atoms with Crippen molar-refractivity contribution >= 4 is 34.1 Å². The third-order valence-corrected chi connectivity index (χ3v) is 6.94. The minimum absolute atomic E-state index is 0.0889. The predicted octanol–water partition coefficient (Wildman–Crippen LogP) is 4.89. The van der Waals surface area contributed by atoms with Gasteiger partial charge in [0.1, 0.15) is 0 Å². The fourth-order valence-electron chi connectivity index (χ4n) is 3.41. The highest BCUT2D eigenvalue weighted by Gasteiger charge is 2.15. The Hall–Kier alpha value is -1.60. The highest BCUT2D eigenvalue weighted by molar-refractivity contribution is 8.01. The van der Waals surface area contributed by atoms with Crippen LogP contribution in [0.1, 0.15) is 57.1 Å². The first kappa shape index (κ1) is 20.1. The van der Waals surface area contributed by atoms with E-state index < -0.39 is 0 Å². The van der Waals surface area contributed by atoms with Gasteiger partial charge in [-0.05, 0) is 30.7 Å². The molecule has 5 nitrogen and oxygen atoms in total. The number of anilines is 1. The zero-order valence-electron chi connectivity index (χ0n) is 15.8. The number of carbonyl (C=O) groups excluding carboxylic acids is 1. The average Bonchev–Trinajstić information content (AvgIpc) is 3.18. The Morgan fingerprint density at radius 2 is 2.00 bits per heavy atom. The van der Waals surface area contributed by atoms with E-state index in [4.69, 9.17) is 0 Å². The van der Waals surface area contributed by atoms with Gasteiger partial charge in [0.2, 0.25) is 11.0 Å². The van der Waals surface area contributed by atoms with Gasteiger partial charge < -0.3 is 10.6 Å². The summed E-state index contributed by atoms with van der Waals surface area (Å²) in [6.45, 7) is 2.97. The Kier molecular flexibility index (Phi) is 7.95. The first-order chi connectivity index (χ1) is 13.2. The van der Waals surface area contributed by atoms with Crippen molar-refractivity contribution in [3.8, 4) is 0 Å². The molecule has 0 unspecified atom stereocenters. The van der Waals surface area contributed by atoms with Crippen molar-refractivity contribution < 1.29 is 4.79 Å². The summed E-state index contributed by atoms with van der Waals surface area (Å²) >= 11 is 2.97. The van der Waals surface area contributed by atoms with Gasteiger partial charge >= 0.3 is 0 Å². The Bertz CT molecular complexity index is 701. The highest BCUT2D eigenvalue weighted by Crippen LogP contribution is 2.29. The van der Waals surface area contributed by atoms with Crippen LogP contribution in [-0.4, -0.2) is 28.4 Å². The average molecular weight is 405 g/mol. The lowest BCUT2D eigenvalue weighted by Gasteiger charge is -2.21. The normalized spacial score (nSPS) is 16.0. The number of amides is 1. The first-order valence-corrected chi connectivity index (χ1v) is 11.6. The molecule has 2 N–H and O–H groups in total. The van der Waals surface area contributed by atoms with Crippen LogP contribution in [0, 0.1) is 5.92 Å². The molecule has 0 radical (unpaired) electrons. The van der Waals surface area contributed by atoms with E-state index in [0.717, 1.165) is 22.4 Å². The summed E-state index contributed by atoms with van der Waals surface area (Å²) in [7, 11) is 0. The zero-order chi connectivity index (χ0) is 18.9. The topological polar surface area (TPSA) is 66.9 Å². The maximum absolute atomic E-state index is 12.1. The van der Waals surface area contributed by atoms with E-state index in [2.05, 4.69) is 39.9 Å². The molecule has 0 aliphatic heterocycles. The number of hydrogen-bond acceptors (Lipinski definition) is 6. The first-order valence-electron chi connectivity index (χ1n) is 9.79. The van der Waals surface area contributed by atoms with E-state index in [1.165, 1.54) is 60.8 Å². The Labute approximate surface area is 169 Å². The predicted molar refractivity (Wildman–Crippen MR) is 113 cm³/mol. The number of hydrogen-bond donors (Lipinski definition) is 2. The number of nitrogens with one attached hydrogen (secondary N) is 2. The van der Waals surface area contributed by atoms with Crippen LogP contribution in [0.25, 0.3) is 0 Å². The lowest BCUT2D eigenvalue weighted by Crippen LogP contribution is -2.31. The molecule has 1 heterocycles. The Balaban J connectivity index is 1.42. The molecule has 0 spiro atoms. The van der Waals surface area contributed by atoms with E-state index >= 15 is 0 Å². The molecule has 146 valence electrons. The molecule has 3 rings (SSSR count). The van der Waals surface area contributed by atoms with E-state index in [1.807, 2.05) is 18.2 Å². The molecule has 1 aromatic carbocycles. The van der Waals surface area contributed by atoms with Gasteiger partial charge in [0.25, 0.3) is 0 Å². The third kappa shape index (κ3) is 6.50. The summed E-state index contributed by atoms with van der Waals surface area (Å²) in [5, 5.41) is 15.8. The van der Waals surface area contributed by atoms with Crippen molar-refractivity contribution in [2.45, 2.75) is 55.8 Å². The molecule has 27 heavy (non-hydrogen) atoms. The van der Waals surface area contributed by atoms with Crippen molar-refractivity contribution in [1.29, 1.82) is 0 Å². The van der Waals surface area contributed by atoms with Crippen LogP contribution in [0.15, 0.2) is 34.7 Å². The number of carbonyl (C=O) groups is 1. The minimum atomic E-state index is 0.0889. The summed E-state index contributed by atoms with van der Waals surface area (Å²) in [6, 6.07) is 10.6. The molecule has 7 heteroatoms. The molecule has 1 aliphatic carbocycles. The van der Waals surface area contributed by atoms with Gasteiger partial charge in [0.15, 0.2) is 4.34 Å². The SMILES string of the molecule is CC[C@@H](Nc1nnc(SCC(=O)NCC2CCCCC2)s1)c1ccccc1. The summed E-state index contributed by atoms with van der Waals surface area (Å²) in [6.07, 6.45) is 7.42. The van der Waals surface area contributed by atoms with Crippen LogP contribution in [0.4, 0.5) is 5.13 Å². The Morgan fingerprint density at radius 3 is 2.74 bits per heavy atom. The molecule has 1 atom stereocenters. The monoisotopic (exact) mass is 404 g/mol. The van der Waals surface area contributed by atoms with E-state index in [9.17, 15) is 4.79 Å². The number of aromatic nitrogens is 2. The minimum Gasteiger partial charge on any atom is -0.355 e. The third-order valence-electron chi connectivity index (χ3n) is 4.95. The molecule has 1 saturated carbocycles. The lowest BCUT2D eigenvalue weighted by atomic mass is 9.89. The molecule has 0 saturated heterocycles. The number of nitrogens with zero attached hydrogens (tertiary/aromatic N) is 2. The lowest BCUT2D eigenvalue weighted by molar-refractivity contribution is -0.118. The van der Waals surface area contributed by atoms with Crippen molar-refractivity contribution in [1.82, 2.24) is 15.5 Å². The largest absolute Gasteiger partial charge is 0.355 e. The maximum atomic E-state index is 12.1. The highest BCUT2D eigenvalue weighted by atomic mass is 32.2. The zero-order valence-corrected chi connectivity index (χ0v) is 17.5. The second kappa shape index (κ2) is 10.7. The molecule has 1 fully saturated rings. The number of benzene rings is 1. The quantitative estimate of drug-likeness (QED) is 0.583. The second-order valence-corrected chi connectivity index (χ2v) is 9.19. The number of thioether (sulfide) groups is 1. The summed E-state index contributed by atoms with van der Waals surface area (Å²) in [4.78, 5) is 12.1. The van der Waals surface area contributed by atoms with Gasteiger partial charge in [-0.3, -0.25) is 4.79 Å².